The molecule has 0 heterocycles. The molecule has 0 aromatic rings. The van der Waals surface area contributed by atoms with Crippen molar-refractivity contribution in [1.82, 2.24) is 0 Å². The summed E-state index contributed by atoms with van der Waals surface area (Å²) in [6, 6.07) is 0. The minimum atomic E-state index is -0.418. The van der Waals surface area contributed by atoms with Gasteiger partial charge in [-0.25, -0.2) is 0 Å². The molecule has 2 atom stereocenters. The van der Waals surface area contributed by atoms with Gasteiger partial charge in [-0.1, -0.05) is 13.8 Å². The second-order valence-electron chi connectivity index (χ2n) is 7.31. The Labute approximate surface area is 103 Å². The van der Waals surface area contributed by atoms with Gasteiger partial charge in [-0.15, -0.1) is 0 Å². The second kappa shape index (κ2) is 3.25. The van der Waals surface area contributed by atoms with Crippen molar-refractivity contribution in [3.8, 4) is 0 Å². The van der Waals surface area contributed by atoms with E-state index in [1.165, 1.54) is 12.8 Å². The minimum Gasteiger partial charge on any atom is -0.390 e. The Hall–Kier alpha value is -0.570. The monoisotopic (exact) mass is 237 g/mol. The predicted molar refractivity (Wildman–Crippen MR) is 65.0 cm³/mol. The number of amides is 1. The molecule has 0 aromatic carbocycles. The summed E-state index contributed by atoms with van der Waals surface area (Å²) >= 11 is 0. The molecule has 4 saturated carbocycles. The molecule has 17 heavy (non-hydrogen) atoms. The quantitative estimate of drug-likeness (QED) is 0.767. The Kier molecular flexibility index (Phi) is 2.20. The predicted octanol–water partition coefficient (Wildman–Crippen LogP) is 1.69. The summed E-state index contributed by atoms with van der Waals surface area (Å²) in [5, 5.41) is 10.5. The van der Waals surface area contributed by atoms with Gasteiger partial charge in [-0.3, -0.25) is 4.79 Å². The van der Waals surface area contributed by atoms with E-state index in [1.807, 2.05) is 13.8 Å². The lowest BCUT2D eigenvalue weighted by molar-refractivity contribution is -0.179. The van der Waals surface area contributed by atoms with Gasteiger partial charge in [-0.05, 0) is 55.8 Å². The van der Waals surface area contributed by atoms with Crippen LogP contribution in [0.2, 0.25) is 0 Å². The normalized spacial score (nSPS) is 48.4. The van der Waals surface area contributed by atoms with Gasteiger partial charge in [0.15, 0.2) is 0 Å². The SMILES string of the molecule is CC(C)(C(N)=O)C1C2CC3CC1CC(O)(C3)C2. The Bertz CT molecular complexity index is 347. The van der Waals surface area contributed by atoms with Crippen LogP contribution in [0.5, 0.6) is 0 Å². The van der Waals surface area contributed by atoms with Crippen LogP contribution in [0.25, 0.3) is 0 Å². The van der Waals surface area contributed by atoms with Gasteiger partial charge < -0.3 is 10.8 Å². The van der Waals surface area contributed by atoms with Gasteiger partial charge in [0.25, 0.3) is 0 Å². The summed E-state index contributed by atoms with van der Waals surface area (Å²) in [6.45, 7) is 3.98. The van der Waals surface area contributed by atoms with Crippen LogP contribution in [0.4, 0.5) is 0 Å². The molecule has 0 saturated heterocycles. The molecule has 4 aliphatic rings. The molecule has 4 rings (SSSR count). The molecule has 4 fully saturated rings. The average molecular weight is 237 g/mol. The third-order valence-electron chi connectivity index (χ3n) is 5.71. The summed E-state index contributed by atoms with van der Waals surface area (Å²) in [4.78, 5) is 11.7. The number of primary amides is 1. The van der Waals surface area contributed by atoms with Crippen LogP contribution in [0.15, 0.2) is 0 Å². The first-order valence-electron chi connectivity index (χ1n) is 6.84. The van der Waals surface area contributed by atoms with E-state index in [4.69, 9.17) is 5.73 Å². The van der Waals surface area contributed by atoms with Gasteiger partial charge in [0.1, 0.15) is 0 Å². The zero-order chi connectivity index (χ0) is 12.4. The molecule has 1 amide bonds. The van der Waals surface area contributed by atoms with Crippen LogP contribution in [0, 0.1) is 29.1 Å². The standard InChI is InChI=1S/C14H23NO2/c1-13(2,12(15)16)11-9-3-8-4-10(11)7-14(17,5-8)6-9/h8-11,17H,3-7H2,1-2H3,(H2,15,16). The highest BCUT2D eigenvalue weighted by atomic mass is 16.3. The lowest BCUT2D eigenvalue weighted by Crippen LogP contribution is -2.59. The smallest absolute Gasteiger partial charge is 0.223 e. The molecule has 0 spiro atoms. The van der Waals surface area contributed by atoms with E-state index in [9.17, 15) is 9.90 Å². The number of carbonyl (C=O) groups is 1. The van der Waals surface area contributed by atoms with Gasteiger partial charge >= 0.3 is 0 Å². The molecule has 3 N–H and O–H groups in total. The molecule has 4 bridgehead atoms. The molecular weight excluding hydrogens is 214 g/mol. The topological polar surface area (TPSA) is 63.3 Å². The van der Waals surface area contributed by atoms with Crippen molar-refractivity contribution in [2.75, 3.05) is 0 Å². The number of aliphatic hydroxyl groups is 1. The molecule has 3 nitrogen and oxygen atoms in total. The maximum absolute atomic E-state index is 11.7. The average Bonchev–Trinajstić information content (AvgIpc) is 2.12. The van der Waals surface area contributed by atoms with Crippen molar-refractivity contribution in [3.63, 3.8) is 0 Å². The van der Waals surface area contributed by atoms with Crippen molar-refractivity contribution in [3.05, 3.63) is 0 Å². The zero-order valence-electron chi connectivity index (χ0n) is 10.8. The van der Waals surface area contributed by atoms with Crippen molar-refractivity contribution in [1.29, 1.82) is 0 Å². The lowest BCUT2D eigenvalue weighted by Gasteiger charge is -2.61. The molecule has 2 unspecified atom stereocenters. The van der Waals surface area contributed by atoms with Crippen LogP contribution in [0.1, 0.15) is 46.0 Å². The Balaban J connectivity index is 1.92. The highest BCUT2D eigenvalue weighted by Gasteiger charge is 2.58. The van der Waals surface area contributed by atoms with E-state index < -0.39 is 11.0 Å². The Morgan fingerprint density at radius 2 is 1.76 bits per heavy atom. The van der Waals surface area contributed by atoms with Gasteiger partial charge in [0, 0.05) is 5.41 Å². The Morgan fingerprint density at radius 1 is 1.24 bits per heavy atom. The van der Waals surface area contributed by atoms with Crippen molar-refractivity contribution in [2.24, 2.45) is 34.8 Å². The largest absolute Gasteiger partial charge is 0.390 e. The maximum Gasteiger partial charge on any atom is 0.223 e. The fourth-order valence-corrected chi connectivity index (χ4v) is 5.32. The highest BCUT2D eigenvalue weighted by Crippen LogP contribution is 2.62. The summed E-state index contributed by atoms with van der Waals surface area (Å²) in [6.07, 6.45) is 5.16. The van der Waals surface area contributed by atoms with Gasteiger partial charge in [-0.2, -0.15) is 0 Å². The van der Waals surface area contributed by atoms with E-state index in [0.29, 0.717) is 23.7 Å². The molecule has 0 radical (unpaired) electrons. The van der Waals surface area contributed by atoms with E-state index in [0.717, 1.165) is 19.3 Å². The second-order valence-corrected chi connectivity index (χ2v) is 7.31. The fourth-order valence-electron chi connectivity index (χ4n) is 5.32. The third kappa shape index (κ3) is 1.55. The van der Waals surface area contributed by atoms with E-state index >= 15 is 0 Å². The number of hydrogen-bond acceptors (Lipinski definition) is 2. The molecule has 0 aromatic heterocycles. The van der Waals surface area contributed by atoms with Crippen molar-refractivity contribution < 1.29 is 9.90 Å². The van der Waals surface area contributed by atoms with Crippen molar-refractivity contribution in [2.45, 2.75) is 51.6 Å². The summed E-state index contributed by atoms with van der Waals surface area (Å²) in [7, 11) is 0. The third-order valence-corrected chi connectivity index (χ3v) is 5.71. The van der Waals surface area contributed by atoms with E-state index in [2.05, 4.69) is 0 Å². The number of carbonyl (C=O) groups excluding carboxylic acids is 1. The summed E-state index contributed by atoms with van der Waals surface area (Å²) in [5.41, 5.74) is 4.75. The molecular formula is C14H23NO2. The van der Waals surface area contributed by atoms with Crippen LogP contribution in [0.3, 0.4) is 0 Å². The molecule has 3 heteroatoms. The fraction of sp³-hybridized carbons (Fsp3) is 0.929. The lowest BCUT2D eigenvalue weighted by atomic mass is 9.46. The molecule has 96 valence electrons. The van der Waals surface area contributed by atoms with Crippen LogP contribution < -0.4 is 5.73 Å². The molecule has 0 aliphatic heterocycles. The van der Waals surface area contributed by atoms with Crippen LogP contribution >= 0.6 is 0 Å². The first-order valence-corrected chi connectivity index (χ1v) is 6.84. The van der Waals surface area contributed by atoms with Gasteiger partial charge in [0.2, 0.25) is 5.91 Å². The first kappa shape index (κ1) is 11.5. The van der Waals surface area contributed by atoms with E-state index in [1.54, 1.807) is 0 Å². The van der Waals surface area contributed by atoms with Gasteiger partial charge in [0.05, 0.1) is 5.60 Å². The van der Waals surface area contributed by atoms with Crippen LogP contribution in [-0.2, 0) is 4.79 Å². The molecule has 4 aliphatic carbocycles. The van der Waals surface area contributed by atoms with Crippen LogP contribution in [-0.4, -0.2) is 16.6 Å². The number of rotatable bonds is 2. The zero-order valence-corrected chi connectivity index (χ0v) is 10.8. The minimum absolute atomic E-state index is 0.179. The van der Waals surface area contributed by atoms with E-state index in [-0.39, 0.29) is 5.91 Å². The highest BCUT2D eigenvalue weighted by molar-refractivity contribution is 5.80. The van der Waals surface area contributed by atoms with Crippen molar-refractivity contribution >= 4 is 5.91 Å². The summed E-state index contributed by atoms with van der Waals surface area (Å²) < 4.78 is 0. The summed E-state index contributed by atoms with van der Waals surface area (Å²) in [5.74, 6) is 1.92. The first-order chi connectivity index (χ1) is 7.82. The number of nitrogens with two attached hydrogens (primary N) is 1. The Morgan fingerprint density at radius 3 is 2.18 bits per heavy atom. The maximum atomic E-state index is 11.7. The number of hydrogen-bond donors (Lipinski definition) is 2.